The molecule has 1 amide bonds. The van der Waals surface area contributed by atoms with E-state index >= 15 is 0 Å². The molecule has 2 fully saturated rings. The van der Waals surface area contributed by atoms with Gasteiger partial charge in [-0.25, -0.2) is 0 Å². The summed E-state index contributed by atoms with van der Waals surface area (Å²) in [6.45, 7) is 12.4. The molecule has 44 heavy (non-hydrogen) atoms. The van der Waals surface area contributed by atoms with Crippen LogP contribution < -0.4 is 21.1 Å². The summed E-state index contributed by atoms with van der Waals surface area (Å²) in [5, 5.41) is 6.28. The van der Waals surface area contributed by atoms with Crippen LogP contribution in [0.2, 0.25) is 0 Å². The molecule has 0 spiro atoms. The lowest BCUT2D eigenvalue weighted by Crippen LogP contribution is -2.60. The Hall–Kier alpha value is -2.94. The molecule has 0 aliphatic carbocycles. The molecule has 2 aliphatic rings. The van der Waals surface area contributed by atoms with E-state index in [1.165, 1.54) is 48.8 Å². The molecule has 0 bridgehead atoms. The van der Waals surface area contributed by atoms with Crippen molar-refractivity contribution in [1.29, 1.82) is 0 Å². The summed E-state index contributed by atoms with van der Waals surface area (Å²) in [6, 6.07) is 16.2. The van der Waals surface area contributed by atoms with Gasteiger partial charge >= 0.3 is 0 Å². The minimum absolute atomic E-state index is 0.127. The van der Waals surface area contributed by atoms with Crippen LogP contribution in [0, 0.1) is 5.92 Å². The molecule has 8 nitrogen and oxygen atoms in total. The van der Waals surface area contributed by atoms with E-state index in [2.05, 4.69) is 71.9 Å². The minimum atomic E-state index is -0.127. The van der Waals surface area contributed by atoms with Crippen LogP contribution in [0.25, 0.3) is 11.1 Å². The molecule has 2 heterocycles. The Labute approximate surface area is 265 Å². The van der Waals surface area contributed by atoms with Gasteiger partial charge in [0.2, 0.25) is 5.91 Å². The van der Waals surface area contributed by atoms with E-state index in [0.29, 0.717) is 32.6 Å². The number of benzene rings is 2. The first-order chi connectivity index (χ1) is 21.4. The lowest BCUT2D eigenvalue weighted by Gasteiger charge is -2.50. The van der Waals surface area contributed by atoms with Crippen molar-refractivity contribution in [3.05, 3.63) is 53.6 Å². The van der Waals surface area contributed by atoms with Gasteiger partial charge in [-0.3, -0.25) is 15.1 Å². The first-order valence-corrected chi connectivity index (χ1v) is 16.9. The molecular weight excluding hydrogens is 550 g/mol. The number of piperidine rings is 2. The number of nitrogens with two attached hydrogens (primary N) is 1. The van der Waals surface area contributed by atoms with Gasteiger partial charge in [-0.2, -0.15) is 0 Å². The van der Waals surface area contributed by atoms with Gasteiger partial charge in [0.15, 0.2) is 5.96 Å². The summed E-state index contributed by atoms with van der Waals surface area (Å²) >= 11 is 0. The van der Waals surface area contributed by atoms with Crippen molar-refractivity contribution in [2.45, 2.75) is 84.2 Å². The molecule has 0 aromatic heterocycles. The highest BCUT2D eigenvalue weighted by molar-refractivity contribution is 5.96. The molecule has 4 rings (SSSR count). The summed E-state index contributed by atoms with van der Waals surface area (Å²) < 4.78 is 12.8. The van der Waals surface area contributed by atoms with Gasteiger partial charge < -0.3 is 25.0 Å². The number of quaternary nitrogens is 1. The highest BCUT2D eigenvalue weighted by Gasteiger charge is 2.40. The number of amides is 1. The normalized spacial score (nSPS) is 21.2. The minimum Gasteiger partial charge on any atom is -0.493 e. The second-order valence-electron chi connectivity index (χ2n) is 12.9. The molecule has 2 aromatic rings. The van der Waals surface area contributed by atoms with Crippen LogP contribution in [0.1, 0.15) is 76.3 Å². The van der Waals surface area contributed by atoms with E-state index in [-0.39, 0.29) is 11.9 Å². The summed E-state index contributed by atoms with van der Waals surface area (Å²) in [5.41, 5.74) is 10.6. The van der Waals surface area contributed by atoms with E-state index in [1.54, 1.807) is 7.11 Å². The predicted molar refractivity (Wildman–Crippen MR) is 180 cm³/mol. The second kappa shape index (κ2) is 17.5. The molecule has 0 saturated carbocycles. The van der Waals surface area contributed by atoms with Crippen LogP contribution in [-0.4, -0.2) is 75.4 Å². The molecule has 0 unspecified atom stereocenters. The van der Waals surface area contributed by atoms with Gasteiger partial charge in [-0.1, -0.05) is 56.7 Å². The lowest BCUT2D eigenvalue weighted by molar-refractivity contribution is -0.969. The van der Waals surface area contributed by atoms with Gasteiger partial charge in [-0.15, -0.1) is 0 Å². The number of aryl methyl sites for hydroxylation is 1. The number of methoxy groups -OCH3 is 1. The lowest BCUT2D eigenvalue weighted by atomic mass is 9.90. The Morgan fingerprint density at radius 1 is 1.02 bits per heavy atom. The van der Waals surface area contributed by atoms with Crippen LogP contribution >= 0.6 is 0 Å². The third kappa shape index (κ3) is 10.0. The van der Waals surface area contributed by atoms with Crippen LogP contribution in [0.5, 0.6) is 5.75 Å². The third-order valence-corrected chi connectivity index (χ3v) is 9.48. The Bertz CT molecular complexity index is 1180. The number of ether oxygens (including phenoxy) is 2. The van der Waals surface area contributed by atoms with Gasteiger partial charge in [0.25, 0.3) is 0 Å². The van der Waals surface area contributed by atoms with Gasteiger partial charge in [0.05, 0.1) is 25.7 Å². The molecule has 8 heteroatoms. The number of unbranched alkanes of at least 4 members (excludes halogenated alkanes) is 1. The molecule has 2 saturated heterocycles. The molecule has 242 valence electrons. The summed E-state index contributed by atoms with van der Waals surface area (Å²) in [5.74, 6) is 1.75. The SMILES string of the molecule is CCCCN=C(N)NC(=O)CCc1ccc(-c2ccc(C[N+]3(C4CCNCC4)CCC(C)CC3)cc2)c(OCCCOC)c1. The monoisotopic (exact) mass is 606 g/mol. The Morgan fingerprint density at radius 3 is 2.45 bits per heavy atom. The number of carbonyl (C=O) groups excluding carboxylic acids is 1. The van der Waals surface area contributed by atoms with Crippen molar-refractivity contribution in [3.8, 4) is 16.9 Å². The zero-order chi connectivity index (χ0) is 31.2. The number of hydrogen-bond donors (Lipinski definition) is 3. The maximum Gasteiger partial charge on any atom is 0.226 e. The largest absolute Gasteiger partial charge is 0.493 e. The van der Waals surface area contributed by atoms with Crippen molar-refractivity contribution < 1.29 is 18.8 Å². The van der Waals surface area contributed by atoms with Crippen molar-refractivity contribution in [2.75, 3.05) is 53.0 Å². The second-order valence-corrected chi connectivity index (χ2v) is 12.9. The number of likely N-dealkylation sites (tertiary alicyclic amines) is 1. The quantitative estimate of drug-likeness (QED) is 0.109. The predicted octanol–water partition coefficient (Wildman–Crippen LogP) is 5.43. The fourth-order valence-corrected chi connectivity index (χ4v) is 6.70. The van der Waals surface area contributed by atoms with Crippen molar-refractivity contribution in [3.63, 3.8) is 0 Å². The number of hydrogen-bond acceptors (Lipinski definition) is 5. The number of rotatable bonds is 15. The summed E-state index contributed by atoms with van der Waals surface area (Å²) in [6.07, 6.45) is 8.96. The highest BCUT2D eigenvalue weighted by Crippen LogP contribution is 2.35. The maximum atomic E-state index is 12.5. The van der Waals surface area contributed by atoms with Crippen LogP contribution in [-0.2, 0) is 22.5 Å². The standard InChI is InChI=1S/C36H55N5O3/c1-4-5-19-39-36(37)40-35(42)14-10-29-9-13-33(34(26-29)44-25-6-24-43-3)31-11-7-30(8-12-31)27-41(22-17-28(2)18-23-41)32-15-20-38-21-16-32/h7-9,11-13,26,28,32,38H,4-6,10,14-25,27H2,1-3H3,(H2-,37,39,40,42)/p+1. The fourth-order valence-electron chi connectivity index (χ4n) is 6.70. The zero-order valence-electron chi connectivity index (χ0n) is 27.4. The van der Waals surface area contributed by atoms with Crippen LogP contribution in [0.15, 0.2) is 47.5 Å². The zero-order valence-corrected chi connectivity index (χ0v) is 27.4. The number of aliphatic imine (C=N–C) groups is 1. The van der Waals surface area contributed by atoms with Crippen LogP contribution in [0.3, 0.4) is 0 Å². The summed E-state index contributed by atoms with van der Waals surface area (Å²) in [7, 11) is 1.71. The maximum absolute atomic E-state index is 12.5. The van der Waals surface area contributed by atoms with Gasteiger partial charge in [0.1, 0.15) is 12.3 Å². The van der Waals surface area contributed by atoms with Crippen molar-refractivity contribution >= 4 is 11.9 Å². The highest BCUT2D eigenvalue weighted by atomic mass is 16.5. The third-order valence-electron chi connectivity index (χ3n) is 9.48. The number of nitrogens with one attached hydrogen (secondary N) is 2. The molecule has 2 aliphatic heterocycles. The van der Waals surface area contributed by atoms with E-state index in [4.69, 9.17) is 15.2 Å². The molecule has 2 aromatic carbocycles. The van der Waals surface area contributed by atoms with E-state index in [0.717, 1.165) is 73.3 Å². The molecule has 4 N–H and O–H groups in total. The first kappa shape index (κ1) is 33.9. The summed E-state index contributed by atoms with van der Waals surface area (Å²) in [4.78, 5) is 16.7. The average molecular weight is 607 g/mol. The van der Waals surface area contributed by atoms with Gasteiger partial charge in [-0.05, 0) is 48.8 Å². The Kier molecular flexibility index (Phi) is 13.5. The Morgan fingerprint density at radius 2 is 1.75 bits per heavy atom. The van der Waals surface area contributed by atoms with E-state index in [1.807, 2.05) is 0 Å². The number of carbonyl (C=O) groups is 1. The molecular formula is C36H56N5O3+. The van der Waals surface area contributed by atoms with E-state index < -0.39 is 0 Å². The Balaban J connectivity index is 1.46. The first-order valence-electron chi connectivity index (χ1n) is 16.9. The number of nitrogens with zero attached hydrogens (tertiary/aromatic N) is 2. The topological polar surface area (TPSA) is 98.0 Å². The van der Waals surface area contributed by atoms with Crippen molar-refractivity contribution in [2.24, 2.45) is 16.6 Å². The van der Waals surface area contributed by atoms with E-state index in [9.17, 15) is 4.79 Å². The van der Waals surface area contributed by atoms with Gasteiger partial charge in [0, 0.05) is 70.2 Å². The molecule has 0 radical (unpaired) electrons. The average Bonchev–Trinajstić information content (AvgIpc) is 3.04. The van der Waals surface area contributed by atoms with Crippen LogP contribution in [0.4, 0.5) is 0 Å². The smallest absolute Gasteiger partial charge is 0.226 e. The molecule has 0 atom stereocenters. The van der Waals surface area contributed by atoms with Crippen molar-refractivity contribution in [1.82, 2.24) is 10.6 Å². The number of guanidine groups is 1. The fraction of sp³-hybridized carbons (Fsp3) is 0.611.